The number of primary amides is 1. The van der Waals surface area contributed by atoms with Crippen LogP contribution in [0.2, 0.25) is 0 Å². The topological polar surface area (TPSA) is 90.0 Å². The zero-order valence-electron chi connectivity index (χ0n) is 11.1. The highest BCUT2D eigenvalue weighted by molar-refractivity contribution is 9.10. The van der Waals surface area contributed by atoms with Gasteiger partial charge in [-0.15, -0.1) is 0 Å². The van der Waals surface area contributed by atoms with E-state index >= 15 is 0 Å². The Morgan fingerprint density at radius 2 is 2.21 bits per heavy atom. The summed E-state index contributed by atoms with van der Waals surface area (Å²) in [5.41, 5.74) is 5.57. The molecule has 0 saturated heterocycles. The van der Waals surface area contributed by atoms with Gasteiger partial charge in [-0.2, -0.15) is 5.10 Å². The van der Waals surface area contributed by atoms with E-state index in [4.69, 9.17) is 5.73 Å². The fourth-order valence-corrected chi connectivity index (χ4v) is 2.01. The molecule has 106 valence electrons. The van der Waals surface area contributed by atoms with Crippen LogP contribution in [-0.2, 0) is 4.79 Å². The van der Waals surface area contributed by atoms with Crippen LogP contribution in [0.15, 0.2) is 15.5 Å². The van der Waals surface area contributed by atoms with E-state index in [0.717, 1.165) is 12.8 Å². The Kier molecular flexibility index (Phi) is 6.01. The molecule has 0 radical (unpaired) electrons. The van der Waals surface area contributed by atoms with Gasteiger partial charge in [-0.1, -0.05) is 0 Å². The summed E-state index contributed by atoms with van der Waals surface area (Å²) in [6.07, 6.45) is 3.55. The highest BCUT2D eigenvalue weighted by Crippen LogP contribution is 2.17. The Morgan fingerprint density at radius 3 is 2.79 bits per heavy atom. The Morgan fingerprint density at radius 1 is 1.53 bits per heavy atom. The standard InChI is InChI=1S/C12H19BrN4O2/c1-8(2)17-12(19)11(13)9(7-16-17)15-6-4-3-5-10(14)18/h7-8,15H,3-6H2,1-2H3,(H2,14,18). The Bertz CT molecular complexity index is 499. The third-order valence-corrected chi connectivity index (χ3v) is 3.36. The third-order valence-electron chi connectivity index (χ3n) is 2.60. The van der Waals surface area contributed by atoms with Gasteiger partial charge < -0.3 is 11.1 Å². The lowest BCUT2D eigenvalue weighted by Crippen LogP contribution is -2.26. The molecule has 0 saturated carbocycles. The smallest absolute Gasteiger partial charge is 0.283 e. The van der Waals surface area contributed by atoms with E-state index in [-0.39, 0.29) is 17.5 Å². The van der Waals surface area contributed by atoms with Gasteiger partial charge in [-0.25, -0.2) is 4.68 Å². The van der Waals surface area contributed by atoms with E-state index in [9.17, 15) is 9.59 Å². The van der Waals surface area contributed by atoms with Gasteiger partial charge in [0.05, 0.1) is 17.9 Å². The van der Waals surface area contributed by atoms with E-state index < -0.39 is 0 Å². The van der Waals surface area contributed by atoms with Crippen molar-refractivity contribution < 1.29 is 4.79 Å². The van der Waals surface area contributed by atoms with Crippen LogP contribution < -0.4 is 16.6 Å². The van der Waals surface area contributed by atoms with Crippen molar-refractivity contribution >= 4 is 27.5 Å². The number of hydrogen-bond donors (Lipinski definition) is 2. The summed E-state index contributed by atoms with van der Waals surface area (Å²) in [7, 11) is 0. The molecular weight excluding hydrogens is 312 g/mol. The lowest BCUT2D eigenvalue weighted by atomic mass is 10.2. The molecule has 0 spiro atoms. The molecule has 0 bridgehead atoms. The molecule has 0 unspecified atom stereocenters. The molecule has 1 aromatic rings. The fourth-order valence-electron chi connectivity index (χ4n) is 1.58. The predicted octanol–water partition coefficient (Wildman–Crippen LogP) is 1.65. The molecular formula is C12H19BrN4O2. The van der Waals surface area contributed by atoms with Crippen LogP contribution in [0.1, 0.15) is 39.2 Å². The lowest BCUT2D eigenvalue weighted by molar-refractivity contribution is -0.118. The van der Waals surface area contributed by atoms with Gasteiger partial charge in [0.2, 0.25) is 5.91 Å². The number of aromatic nitrogens is 2. The molecule has 1 amide bonds. The van der Waals surface area contributed by atoms with E-state index in [1.165, 1.54) is 4.68 Å². The number of carbonyl (C=O) groups excluding carboxylic acids is 1. The van der Waals surface area contributed by atoms with Gasteiger partial charge in [-0.3, -0.25) is 9.59 Å². The van der Waals surface area contributed by atoms with Gasteiger partial charge in [0.1, 0.15) is 4.47 Å². The second-order valence-corrected chi connectivity index (χ2v) is 5.36. The molecule has 1 rings (SSSR count). The summed E-state index contributed by atoms with van der Waals surface area (Å²) in [4.78, 5) is 22.5. The highest BCUT2D eigenvalue weighted by Gasteiger charge is 2.10. The molecule has 6 nitrogen and oxygen atoms in total. The zero-order chi connectivity index (χ0) is 14.4. The van der Waals surface area contributed by atoms with Gasteiger partial charge in [0.25, 0.3) is 5.56 Å². The first kappa shape index (κ1) is 15.7. The van der Waals surface area contributed by atoms with Crippen LogP contribution in [-0.4, -0.2) is 22.2 Å². The monoisotopic (exact) mass is 330 g/mol. The fraction of sp³-hybridized carbons (Fsp3) is 0.583. The van der Waals surface area contributed by atoms with Crippen molar-refractivity contribution in [3.05, 3.63) is 21.0 Å². The third kappa shape index (κ3) is 4.66. The summed E-state index contributed by atoms with van der Waals surface area (Å²) in [6.45, 7) is 4.47. The Labute approximate surface area is 120 Å². The van der Waals surface area contributed by atoms with E-state index in [2.05, 4.69) is 26.3 Å². The first-order valence-corrected chi connectivity index (χ1v) is 7.02. The van der Waals surface area contributed by atoms with Gasteiger partial charge >= 0.3 is 0 Å². The number of anilines is 1. The number of amides is 1. The number of nitrogens with zero attached hydrogens (tertiary/aromatic N) is 2. The summed E-state index contributed by atoms with van der Waals surface area (Å²) in [5, 5.41) is 7.22. The zero-order valence-corrected chi connectivity index (χ0v) is 12.7. The Balaban J connectivity index is 2.58. The molecule has 0 aliphatic rings. The van der Waals surface area contributed by atoms with E-state index in [1.807, 2.05) is 13.8 Å². The summed E-state index contributed by atoms with van der Waals surface area (Å²) >= 11 is 3.28. The van der Waals surface area contributed by atoms with Crippen LogP contribution in [0.5, 0.6) is 0 Å². The van der Waals surface area contributed by atoms with Gasteiger partial charge in [0, 0.05) is 13.0 Å². The quantitative estimate of drug-likeness (QED) is 0.744. The predicted molar refractivity (Wildman–Crippen MR) is 78.1 cm³/mol. The molecule has 0 aromatic carbocycles. The minimum atomic E-state index is -0.289. The van der Waals surface area contributed by atoms with Crippen LogP contribution in [0.3, 0.4) is 0 Å². The normalized spacial score (nSPS) is 10.7. The maximum Gasteiger partial charge on any atom is 0.283 e. The average Bonchev–Trinajstić information content (AvgIpc) is 2.33. The van der Waals surface area contributed by atoms with Crippen molar-refractivity contribution in [2.45, 2.75) is 39.2 Å². The number of nitrogens with two attached hydrogens (primary N) is 1. The molecule has 1 aromatic heterocycles. The number of rotatable bonds is 7. The molecule has 0 aliphatic heterocycles. The SMILES string of the molecule is CC(C)n1ncc(NCCCCC(N)=O)c(Br)c1=O. The largest absolute Gasteiger partial charge is 0.383 e. The maximum atomic E-state index is 12.0. The van der Waals surface area contributed by atoms with Crippen molar-refractivity contribution in [1.82, 2.24) is 9.78 Å². The van der Waals surface area contributed by atoms with Crippen LogP contribution in [0.4, 0.5) is 5.69 Å². The second kappa shape index (κ2) is 7.28. The highest BCUT2D eigenvalue weighted by atomic mass is 79.9. The molecule has 0 fully saturated rings. The minimum absolute atomic E-state index is 0.0217. The molecule has 19 heavy (non-hydrogen) atoms. The number of nitrogens with one attached hydrogen (secondary N) is 1. The lowest BCUT2D eigenvalue weighted by Gasteiger charge is -2.12. The van der Waals surface area contributed by atoms with E-state index in [1.54, 1.807) is 6.20 Å². The van der Waals surface area contributed by atoms with Crippen molar-refractivity contribution in [3.63, 3.8) is 0 Å². The van der Waals surface area contributed by atoms with Gasteiger partial charge in [-0.05, 0) is 42.6 Å². The molecule has 0 aliphatic carbocycles. The number of carbonyl (C=O) groups is 1. The molecule has 7 heteroatoms. The van der Waals surface area contributed by atoms with Crippen molar-refractivity contribution in [2.75, 3.05) is 11.9 Å². The summed E-state index contributed by atoms with van der Waals surface area (Å²) < 4.78 is 1.90. The van der Waals surface area contributed by atoms with Crippen molar-refractivity contribution in [1.29, 1.82) is 0 Å². The van der Waals surface area contributed by atoms with Crippen LogP contribution in [0, 0.1) is 0 Å². The Hall–Kier alpha value is -1.37. The van der Waals surface area contributed by atoms with Crippen molar-refractivity contribution in [2.24, 2.45) is 5.73 Å². The first-order chi connectivity index (χ1) is 8.93. The minimum Gasteiger partial charge on any atom is -0.383 e. The molecule has 0 atom stereocenters. The number of unbranched alkanes of at least 4 members (excludes halogenated alkanes) is 1. The molecule has 1 heterocycles. The van der Waals surface area contributed by atoms with Crippen LogP contribution >= 0.6 is 15.9 Å². The molecule has 3 N–H and O–H groups in total. The summed E-state index contributed by atoms with van der Waals surface area (Å²) in [5.74, 6) is -0.289. The summed E-state index contributed by atoms with van der Waals surface area (Å²) in [6, 6.07) is 0.0217. The number of halogens is 1. The second-order valence-electron chi connectivity index (χ2n) is 4.57. The van der Waals surface area contributed by atoms with Gasteiger partial charge in [0.15, 0.2) is 0 Å². The first-order valence-electron chi connectivity index (χ1n) is 6.23. The maximum absolute atomic E-state index is 12.0. The van der Waals surface area contributed by atoms with Crippen LogP contribution in [0.25, 0.3) is 0 Å². The average molecular weight is 331 g/mol. The van der Waals surface area contributed by atoms with E-state index in [0.29, 0.717) is 23.1 Å². The number of hydrogen-bond acceptors (Lipinski definition) is 4. The van der Waals surface area contributed by atoms with Crippen molar-refractivity contribution in [3.8, 4) is 0 Å².